The van der Waals surface area contributed by atoms with Crippen LogP contribution in [0.4, 0.5) is 11.4 Å². The van der Waals surface area contributed by atoms with E-state index in [0.29, 0.717) is 12.2 Å². The van der Waals surface area contributed by atoms with Crippen LogP contribution < -0.4 is 10.2 Å². The third-order valence-corrected chi connectivity index (χ3v) is 5.28. The quantitative estimate of drug-likeness (QED) is 0.369. The summed E-state index contributed by atoms with van der Waals surface area (Å²) in [5.74, 6) is -0.528. The monoisotopic (exact) mass is 502 g/mol. The topological polar surface area (TPSA) is 58.6 Å². The maximum atomic E-state index is 12.8. The fourth-order valence-electron chi connectivity index (χ4n) is 3.11. The number of nitrogens with one attached hydrogen (secondary N) is 1. The normalized spacial score (nSPS) is 10.6. The molecule has 0 radical (unpaired) electrons. The smallest absolute Gasteiger partial charge is 0.307 e. The lowest BCUT2D eigenvalue weighted by Gasteiger charge is -2.23. The van der Waals surface area contributed by atoms with E-state index in [-0.39, 0.29) is 24.8 Å². The first-order valence-corrected chi connectivity index (χ1v) is 10.5. The highest BCUT2D eigenvalue weighted by atomic mass is 127. The second kappa shape index (κ2) is 9.73. The molecule has 0 aliphatic carbocycles. The van der Waals surface area contributed by atoms with Gasteiger partial charge in [-0.3, -0.25) is 9.59 Å². The molecule has 150 valence electrons. The Hall–Kier alpha value is -2.61. The number of benzene rings is 3. The third-order valence-electron chi connectivity index (χ3n) is 4.60. The van der Waals surface area contributed by atoms with Crippen molar-refractivity contribution in [1.82, 2.24) is 5.32 Å². The van der Waals surface area contributed by atoms with Crippen LogP contribution in [0, 0.1) is 3.57 Å². The summed E-state index contributed by atoms with van der Waals surface area (Å²) in [5, 5.41) is 5.13. The molecular formula is C23H23IN2O3. The molecule has 3 aromatic rings. The van der Waals surface area contributed by atoms with Gasteiger partial charge in [-0.05, 0) is 70.6 Å². The van der Waals surface area contributed by atoms with Crippen LogP contribution in [0.3, 0.4) is 0 Å². The molecular weight excluding hydrogens is 479 g/mol. The highest BCUT2D eigenvalue weighted by Crippen LogP contribution is 2.30. The first-order valence-electron chi connectivity index (χ1n) is 9.45. The van der Waals surface area contributed by atoms with E-state index in [4.69, 9.17) is 4.74 Å². The zero-order valence-electron chi connectivity index (χ0n) is 16.4. The largest absolute Gasteiger partial charge is 0.466 e. The molecule has 0 saturated heterocycles. The number of nitrogens with zero attached hydrogens (tertiary/aromatic N) is 1. The molecule has 29 heavy (non-hydrogen) atoms. The van der Waals surface area contributed by atoms with Crippen LogP contribution in [0.25, 0.3) is 10.8 Å². The third kappa shape index (κ3) is 5.26. The molecule has 0 saturated carbocycles. The minimum absolute atomic E-state index is 0.152. The minimum Gasteiger partial charge on any atom is -0.466 e. The van der Waals surface area contributed by atoms with Gasteiger partial charge in [0.1, 0.15) is 0 Å². The zero-order valence-corrected chi connectivity index (χ0v) is 18.6. The van der Waals surface area contributed by atoms with Gasteiger partial charge in [0.25, 0.3) is 5.91 Å². The molecule has 0 unspecified atom stereocenters. The van der Waals surface area contributed by atoms with Crippen molar-refractivity contribution < 1.29 is 14.3 Å². The van der Waals surface area contributed by atoms with Crippen LogP contribution in [0.2, 0.25) is 0 Å². The van der Waals surface area contributed by atoms with E-state index in [1.807, 2.05) is 48.3 Å². The number of fused-ring (bicyclic) bond motifs is 1. The predicted molar refractivity (Wildman–Crippen MR) is 125 cm³/mol. The molecule has 0 aliphatic heterocycles. The van der Waals surface area contributed by atoms with Crippen LogP contribution in [-0.2, 0) is 9.53 Å². The molecule has 5 nitrogen and oxygen atoms in total. The summed E-state index contributed by atoms with van der Waals surface area (Å²) in [7, 11) is 1.95. The number of hydrogen-bond donors (Lipinski definition) is 1. The molecule has 6 heteroatoms. The van der Waals surface area contributed by atoms with E-state index in [0.717, 1.165) is 20.3 Å². The Balaban J connectivity index is 1.83. The second-order valence-electron chi connectivity index (χ2n) is 6.56. The van der Waals surface area contributed by atoms with Crippen molar-refractivity contribution >= 4 is 56.6 Å². The predicted octanol–water partition coefficient (Wildman–Crippen LogP) is 4.90. The molecule has 0 spiro atoms. The molecule has 1 amide bonds. The SMILES string of the molecule is CCOC(=O)CCNC(=O)c1cc(I)ccc1N(C)c1ccc2ccccc2c1. The molecule has 0 fully saturated rings. The van der Waals surface area contributed by atoms with Crippen LogP contribution in [0.1, 0.15) is 23.7 Å². The number of carbonyl (C=O) groups excluding carboxylic acids is 2. The highest BCUT2D eigenvalue weighted by Gasteiger charge is 2.17. The summed E-state index contributed by atoms with van der Waals surface area (Å²) in [4.78, 5) is 26.3. The van der Waals surface area contributed by atoms with Crippen LogP contribution in [0.15, 0.2) is 60.7 Å². The molecule has 0 aromatic heterocycles. The number of carbonyl (C=O) groups is 2. The van der Waals surface area contributed by atoms with Gasteiger partial charge in [-0.15, -0.1) is 0 Å². The Labute approximate surface area is 184 Å². The second-order valence-corrected chi connectivity index (χ2v) is 7.81. The van der Waals surface area contributed by atoms with Gasteiger partial charge in [0.2, 0.25) is 0 Å². The molecule has 0 atom stereocenters. The Kier molecular flexibility index (Phi) is 7.09. The van der Waals surface area contributed by atoms with Gasteiger partial charge in [0.15, 0.2) is 0 Å². The van der Waals surface area contributed by atoms with Gasteiger partial charge in [-0.25, -0.2) is 0 Å². The van der Waals surface area contributed by atoms with Crippen molar-refractivity contribution in [2.24, 2.45) is 0 Å². The maximum Gasteiger partial charge on any atom is 0.307 e. The van der Waals surface area contributed by atoms with E-state index in [9.17, 15) is 9.59 Å². The van der Waals surface area contributed by atoms with Gasteiger partial charge < -0.3 is 15.0 Å². The van der Waals surface area contributed by atoms with Gasteiger partial charge in [0, 0.05) is 22.8 Å². The number of amides is 1. The fourth-order valence-corrected chi connectivity index (χ4v) is 3.60. The number of hydrogen-bond acceptors (Lipinski definition) is 4. The first-order chi connectivity index (χ1) is 14.0. The van der Waals surface area contributed by atoms with E-state index >= 15 is 0 Å². The zero-order chi connectivity index (χ0) is 20.8. The summed E-state index contributed by atoms with van der Waals surface area (Å²) < 4.78 is 5.87. The maximum absolute atomic E-state index is 12.8. The summed E-state index contributed by atoms with van der Waals surface area (Å²) in [6.07, 6.45) is 0.152. The molecule has 0 bridgehead atoms. The van der Waals surface area contributed by atoms with Gasteiger partial charge in [-0.2, -0.15) is 0 Å². The summed E-state index contributed by atoms with van der Waals surface area (Å²) >= 11 is 2.19. The van der Waals surface area contributed by atoms with Gasteiger partial charge in [-0.1, -0.05) is 30.3 Å². The van der Waals surface area contributed by atoms with Crippen LogP contribution in [0.5, 0.6) is 0 Å². The van der Waals surface area contributed by atoms with E-state index in [2.05, 4.69) is 52.2 Å². The molecule has 0 heterocycles. The lowest BCUT2D eigenvalue weighted by atomic mass is 10.1. The lowest BCUT2D eigenvalue weighted by molar-refractivity contribution is -0.142. The van der Waals surface area contributed by atoms with E-state index in [1.54, 1.807) is 6.92 Å². The van der Waals surface area contributed by atoms with E-state index < -0.39 is 0 Å². The average Bonchev–Trinajstić information content (AvgIpc) is 2.73. The van der Waals surface area contributed by atoms with E-state index in [1.165, 1.54) is 5.39 Å². The Morgan fingerprint density at radius 2 is 1.79 bits per heavy atom. The summed E-state index contributed by atoms with van der Waals surface area (Å²) in [6, 6.07) is 20.2. The number of halogens is 1. The Morgan fingerprint density at radius 1 is 1.03 bits per heavy atom. The molecule has 3 rings (SSSR count). The van der Waals surface area contributed by atoms with Crippen molar-refractivity contribution in [3.63, 3.8) is 0 Å². The Bertz CT molecular complexity index is 1040. The number of ether oxygens (including phenoxy) is 1. The fraction of sp³-hybridized carbons (Fsp3) is 0.217. The van der Waals surface area contributed by atoms with Crippen molar-refractivity contribution in [2.45, 2.75) is 13.3 Å². The molecule has 0 aliphatic rings. The molecule has 3 aromatic carbocycles. The highest BCUT2D eigenvalue weighted by molar-refractivity contribution is 14.1. The summed E-state index contributed by atoms with van der Waals surface area (Å²) in [5.41, 5.74) is 2.36. The van der Waals surface area contributed by atoms with Crippen molar-refractivity contribution in [1.29, 1.82) is 0 Å². The molecule has 1 N–H and O–H groups in total. The first kappa shape index (κ1) is 21.1. The minimum atomic E-state index is -0.316. The van der Waals surface area contributed by atoms with Gasteiger partial charge in [0.05, 0.1) is 24.3 Å². The standard InChI is InChI=1S/C23H23IN2O3/c1-3-29-22(27)12-13-25-23(28)20-15-18(24)9-11-21(20)26(2)19-10-8-16-6-4-5-7-17(16)14-19/h4-11,14-15H,3,12-13H2,1-2H3,(H,25,28). The lowest BCUT2D eigenvalue weighted by Crippen LogP contribution is -2.28. The number of esters is 1. The van der Waals surface area contributed by atoms with Crippen molar-refractivity contribution in [3.05, 3.63) is 69.8 Å². The average molecular weight is 502 g/mol. The number of rotatable bonds is 7. The summed E-state index contributed by atoms with van der Waals surface area (Å²) in [6.45, 7) is 2.34. The number of anilines is 2. The Morgan fingerprint density at radius 3 is 2.55 bits per heavy atom. The van der Waals surface area contributed by atoms with Crippen LogP contribution >= 0.6 is 22.6 Å². The van der Waals surface area contributed by atoms with Crippen molar-refractivity contribution in [3.8, 4) is 0 Å². The van der Waals surface area contributed by atoms with Crippen molar-refractivity contribution in [2.75, 3.05) is 25.1 Å². The van der Waals surface area contributed by atoms with Crippen LogP contribution in [-0.4, -0.2) is 32.1 Å². The van der Waals surface area contributed by atoms with Gasteiger partial charge >= 0.3 is 5.97 Å².